The van der Waals surface area contributed by atoms with Crippen LogP contribution in [0.2, 0.25) is 0 Å². The van der Waals surface area contributed by atoms with E-state index in [4.69, 9.17) is 32.4 Å². The van der Waals surface area contributed by atoms with E-state index in [1.54, 1.807) is 45.0 Å². The second kappa shape index (κ2) is 23.8. The van der Waals surface area contributed by atoms with Crippen LogP contribution in [0.1, 0.15) is 96.2 Å². The highest BCUT2D eigenvalue weighted by Gasteiger charge is 2.60. The number of imide groups is 3. The summed E-state index contributed by atoms with van der Waals surface area (Å²) in [4.78, 5) is 95.1. The first-order chi connectivity index (χ1) is 28.5. The number of aliphatic hydroxyl groups is 1. The molecule has 19 heteroatoms. The van der Waals surface area contributed by atoms with Crippen molar-refractivity contribution in [3.05, 3.63) is 54.1 Å². The Morgan fingerprint density at radius 3 is 2.34 bits per heavy atom. The molecule has 0 radical (unpaired) electrons. The fourth-order valence-corrected chi connectivity index (χ4v) is 7.72. The van der Waals surface area contributed by atoms with Gasteiger partial charge in [0.2, 0.25) is 17.4 Å². The van der Waals surface area contributed by atoms with E-state index in [1.807, 2.05) is 6.07 Å². The van der Waals surface area contributed by atoms with Gasteiger partial charge in [0.05, 0.1) is 50.2 Å². The van der Waals surface area contributed by atoms with Crippen LogP contribution in [0.3, 0.4) is 0 Å². The van der Waals surface area contributed by atoms with Gasteiger partial charge in [-0.05, 0) is 64.5 Å². The van der Waals surface area contributed by atoms with Crippen molar-refractivity contribution >= 4 is 47.9 Å². The number of nitrogens with one attached hydrogen (secondary N) is 2. The van der Waals surface area contributed by atoms with Crippen molar-refractivity contribution in [1.29, 1.82) is 0 Å². The number of amides is 5. The van der Waals surface area contributed by atoms with Gasteiger partial charge in [0.25, 0.3) is 5.91 Å². The van der Waals surface area contributed by atoms with Crippen LogP contribution < -0.4 is 28.3 Å². The Labute approximate surface area is 364 Å². The lowest BCUT2D eigenvalue weighted by Gasteiger charge is -2.46. The number of hydrogen-bond donors (Lipinski definition) is 7. The number of imidazole rings is 1. The molecule has 1 saturated heterocycles. The summed E-state index contributed by atoms with van der Waals surface area (Å²) >= 11 is 0. The van der Waals surface area contributed by atoms with E-state index < -0.39 is 96.5 Å². The number of ether oxygens (including phenoxy) is 2. The van der Waals surface area contributed by atoms with Gasteiger partial charge in [-0.15, -0.1) is 12.4 Å². The first kappa shape index (κ1) is 51.1. The zero-order valence-electron chi connectivity index (χ0n) is 35.6. The van der Waals surface area contributed by atoms with Crippen LogP contribution in [-0.4, -0.2) is 128 Å². The van der Waals surface area contributed by atoms with E-state index in [-0.39, 0.29) is 44.2 Å². The van der Waals surface area contributed by atoms with Gasteiger partial charge in [0, 0.05) is 30.9 Å². The van der Waals surface area contributed by atoms with Gasteiger partial charge in [-0.1, -0.05) is 68.9 Å². The van der Waals surface area contributed by atoms with Gasteiger partial charge in [-0.25, -0.2) is 14.6 Å². The summed E-state index contributed by atoms with van der Waals surface area (Å²) in [6.45, 7) is 3.55. The van der Waals surface area contributed by atoms with Gasteiger partial charge in [0.1, 0.15) is 5.60 Å². The highest BCUT2D eigenvalue weighted by molar-refractivity contribution is 6.18. The molecule has 1 aromatic carbocycles. The number of hydrogen-bond acceptors (Lipinski definition) is 14. The normalized spacial score (nSPS) is 19.6. The van der Waals surface area contributed by atoms with Gasteiger partial charge in [-0.3, -0.25) is 24.1 Å². The molecule has 1 unspecified atom stereocenters. The number of aromatic nitrogens is 2. The number of nitrogens with zero attached hydrogens (tertiary/aromatic N) is 3. The van der Waals surface area contributed by atoms with Crippen LogP contribution in [0.25, 0.3) is 0 Å². The zero-order chi connectivity index (χ0) is 44.0. The van der Waals surface area contributed by atoms with Gasteiger partial charge < -0.3 is 47.8 Å². The number of halogens is 1. The first-order valence-electron chi connectivity index (χ1n) is 21.0. The minimum absolute atomic E-state index is 0. The third-order valence-corrected chi connectivity index (χ3v) is 11.0. The average molecular weight is 876 g/mol. The second-order valence-corrected chi connectivity index (χ2v) is 17.0. The summed E-state index contributed by atoms with van der Waals surface area (Å²) in [7, 11) is 0. The fraction of sp³-hybridized carbons (Fsp3) is 0.643. The number of unbranched alkanes of at least 4 members (excludes halogenated alkanes) is 1. The molecule has 5 amide bonds. The summed E-state index contributed by atoms with van der Waals surface area (Å²) in [6, 6.07) is 2.73. The Kier molecular flexibility index (Phi) is 19.9. The molecule has 2 heterocycles. The van der Waals surface area contributed by atoms with Crippen molar-refractivity contribution in [1.82, 2.24) is 25.1 Å². The van der Waals surface area contributed by atoms with Crippen molar-refractivity contribution in [3.63, 3.8) is 0 Å². The number of nitrogens with two attached hydrogens (primary N) is 4. The molecular formula is C42H66ClN9O9. The van der Waals surface area contributed by atoms with E-state index in [1.165, 1.54) is 12.5 Å². The third-order valence-electron chi connectivity index (χ3n) is 11.0. The summed E-state index contributed by atoms with van der Waals surface area (Å²) in [6.07, 6.45) is 6.96. The van der Waals surface area contributed by atoms with E-state index >= 15 is 9.59 Å². The number of ketones is 1. The topological polar surface area (TPSA) is 292 Å². The molecule has 1 aliphatic carbocycles. The number of morpholine rings is 1. The summed E-state index contributed by atoms with van der Waals surface area (Å²) in [5.74, 6) is -4.99. The molecule has 1 aliphatic heterocycles. The molecule has 2 aromatic rings. The van der Waals surface area contributed by atoms with Crippen LogP contribution in [0.4, 0.5) is 4.79 Å². The Morgan fingerprint density at radius 1 is 1.03 bits per heavy atom. The molecule has 0 spiro atoms. The molecule has 18 nitrogen and oxygen atoms in total. The van der Waals surface area contributed by atoms with Crippen LogP contribution in [0, 0.1) is 5.92 Å². The molecule has 2 fully saturated rings. The van der Waals surface area contributed by atoms with Crippen LogP contribution in [-0.2, 0) is 46.3 Å². The van der Waals surface area contributed by atoms with Crippen molar-refractivity contribution < 1.29 is 43.3 Å². The number of H-pyrrole nitrogens is 1. The molecule has 4 rings (SSSR count). The van der Waals surface area contributed by atoms with E-state index in [2.05, 4.69) is 15.3 Å². The van der Waals surface area contributed by atoms with Gasteiger partial charge >= 0.3 is 12.0 Å². The van der Waals surface area contributed by atoms with Gasteiger partial charge in [-0.2, -0.15) is 4.90 Å². The monoisotopic (exact) mass is 875 g/mol. The fourth-order valence-electron chi connectivity index (χ4n) is 7.72. The van der Waals surface area contributed by atoms with Crippen molar-refractivity contribution in [2.75, 3.05) is 26.3 Å². The predicted octanol–water partition coefficient (Wildman–Crippen LogP) is 1.39. The zero-order valence-corrected chi connectivity index (χ0v) is 36.4. The summed E-state index contributed by atoms with van der Waals surface area (Å²) < 4.78 is 11.6. The number of rotatable bonds is 19. The van der Waals surface area contributed by atoms with Crippen molar-refractivity contribution in [2.45, 2.75) is 139 Å². The molecular weight excluding hydrogens is 810 g/mol. The molecule has 61 heavy (non-hydrogen) atoms. The lowest BCUT2D eigenvalue weighted by atomic mass is 9.83. The summed E-state index contributed by atoms with van der Waals surface area (Å²) in [5.41, 5.74) is 22.0. The third kappa shape index (κ3) is 14.1. The number of carbonyl (C=O) groups is 6. The maximum Gasteiger partial charge on any atom is 0.343 e. The molecule has 0 bridgehead atoms. The average Bonchev–Trinajstić information content (AvgIpc) is 3.73. The second-order valence-electron chi connectivity index (χ2n) is 17.0. The number of carbonyl (C=O) groups excluding carboxylic acids is 6. The number of Topliss-reactive ketones (excluding diaryl/α,β-unsaturated/α-hetero) is 1. The highest BCUT2D eigenvalue weighted by atomic mass is 35.5. The maximum atomic E-state index is 15.3. The standard InChI is InChI=1S/C42H65N9O9.ClH/c1-41(2,3)60-39(57)42(36(54)33(22-29-24-47-26-48-29)49-37(55)32(46)21-28-14-8-5-9-15-28)25-59-19-18-50(42)40(58)51(38(56)30(44)16-10-11-17-43)35(53)23-34(52)31(45)20-27-12-6-4-7-13-27;/h5,8-9,14-15,24,26-27,30-34,52H,4,6-7,10-13,16-23,25,43-46H2,1-3H3,(H,47,48)(H,49,55);1H/t30-,31-,32-,33-,34?,42-;/m0./s1. The minimum Gasteiger partial charge on any atom is -0.458 e. The van der Waals surface area contributed by atoms with E-state index in [0.29, 0.717) is 36.4 Å². The Morgan fingerprint density at radius 2 is 1.72 bits per heavy atom. The number of aliphatic hydroxyl groups excluding tert-OH is 1. The SMILES string of the molecule is CC(C)(C)OC(=O)[C@@]1(C(=O)[C@H](Cc2cnc[nH]2)NC(=O)[C@@H](N)Cc2ccccc2)COCCN1C(=O)N(C(=O)CC(O)[C@@H](N)CC1CCCCC1)C(=O)[C@@H](N)CCCCN.Cl. The van der Waals surface area contributed by atoms with E-state index in [0.717, 1.165) is 42.6 Å². The molecule has 1 saturated carbocycles. The molecule has 340 valence electrons. The van der Waals surface area contributed by atoms with Crippen LogP contribution >= 0.6 is 12.4 Å². The molecule has 6 atom stereocenters. The highest BCUT2D eigenvalue weighted by Crippen LogP contribution is 2.31. The number of benzene rings is 1. The molecule has 1 aromatic heterocycles. The molecule has 11 N–H and O–H groups in total. The van der Waals surface area contributed by atoms with Crippen LogP contribution in [0.5, 0.6) is 0 Å². The number of aromatic amines is 1. The number of urea groups is 1. The van der Waals surface area contributed by atoms with Crippen LogP contribution in [0.15, 0.2) is 42.9 Å². The Hall–Kier alpha value is -4.30. The summed E-state index contributed by atoms with van der Waals surface area (Å²) in [5, 5.41) is 13.9. The minimum atomic E-state index is -2.66. The Bertz CT molecular complexity index is 1740. The first-order valence-corrected chi connectivity index (χ1v) is 21.0. The maximum absolute atomic E-state index is 15.3. The Balaban J connectivity index is 0.00000992. The van der Waals surface area contributed by atoms with Crippen molar-refractivity contribution in [2.24, 2.45) is 28.9 Å². The van der Waals surface area contributed by atoms with E-state index in [9.17, 15) is 24.3 Å². The molecule has 2 aliphatic rings. The quantitative estimate of drug-likeness (QED) is 0.0597. The number of esters is 1. The smallest absolute Gasteiger partial charge is 0.343 e. The largest absolute Gasteiger partial charge is 0.458 e. The van der Waals surface area contributed by atoms with Gasteiger partial charge in [0.15, 0.2) is 5.78 Å². The predicted molar refractivity (Wildman–Crippen MR) is 229 cm³/mol. The van der Waals surface area contributed by atoms with Crippen molar-refractivity contribution in [3.8, 4) is 0 Å². The lowest BCUT2D eigenvalue weighted by Crippen LogP contribution is -2.74. The lowest BCUT2D eigenvalue weighted by molar-refractivity contribution is -0.182.